The first kappa shape index (κ1) is 13.0. The molecule has 0 radical (unpaired) electrons. The summed E-state index contributed by atoms with van der Waals surface area (Å²) in [5.74, 6) is 0.291. The Morgan fingerprint density at radius 1 is 1.56 bits per heavy atom. The molecule has 0 bridgehead atoms. The predicted octanol–water partition coefficient (Wildman–Crippen LogP) is 3.11. The Bertz CT molecular complexity index is 387. The molecule has 4 heteroatoms. The highest BCUT2D eigenvalue weighted by Crippen LogP contribution is 2.29. The summed E-state index contributed by atoms with van der Waals surface area (Å²) in [5, 5.41) is 21.5. The van der Waals surface area contributed by atoms with Gasteiger partial charge in [-0.15, -0.1) is 0 Å². The van der Waals surface area contributed by atoms with Gasteiger partial charge < -0.3 is 10.4 Å². The van der Waals surface area contributed by atoms with Crippen LogP contribution in [0.1, 0.15) is 31.4 Å². The van der Waals surface area contributed by atoms with Crippen LogP contribution in [0.4, 0.5) is 0 Å². The number of benzene rings is 1. The van der Waals surface area contributed by atoms with Gasteiger partial charge in [-0.1, -0.05) is 22.9 Å². The molecule has 1 atom stereocenters. The van der Waals surface area contributed by atoms with E-state index in [2.05, 4.69) is 27.3 Å². The largest absolute Gasteiger partial charge is 0.508 e. The van der Waals surface area contributed by atoms with Crippen molar-refractivity contribution in [3.8, 4) is 11.8 Å². The lowest BCUT2D eigenvalue weighted by Crippen LogP contribution is -2.21. The zero-order valence-corrected chi connectivity index (χ0v) is 10.8. The molecule has 0 saturated heterocycles. The van der Waals surface area contributed by atoms with Gasteiger partial charge in [0.15, 0.2) is 0 Å². The number of nitrogens with zero attached hydrogens (tertiary/aromatic N) is 1. The number of nitrogens with one attached hydrogen (secondary N) is 1. The van der Waals surface area contributed by atoms with Crippen LogP contribution in [0.25, 0.3) is 0 Å². The van der Waals surface area contributed by atoms with Gasteiger partial charge in [0, 0.05) is 29.0 Å². The monoisotopic (exact) mass is 282 g/mol. The molecule has 0 aliphatic carbocycles. The minimum Gasteiger partial charge on any atom is -0.508 e. The molecule has 86 valence electrons. The number of aromatic hydroxyl groups is 1. The van der Waals surface area contributed by atoms with Crippen molar-refractivity contribution in [1.29, 1.82) is 5.26 Å². The van der Waals surface area contributed by atoms with Crippen molar-refractivity contribution < 1.29 is 5.11 Å². The topological polar surface area (TPSA) is 56.0 Å². The summed E-state index contributed by atoms with van der Waals surface area (Å²) in [6.45, 7) is 2.69. The number of hydrogen-bond acceptors (Lipinski definition) is 3. The van der Waals surface area contributed by atoms with Crippen LogP contribution in [0.5, 0.6) is 5.75 Å². The van der Waals surface area contributed by atoms with Crippen LogP contribution >= 0.6 is 15.9 Å². The minimum atomic E-state index is 0.0887. The lowest BCUT2D eigenvalue weighted by Gasteiger charge is -2.18. The Hall–Kier alpha value is -1.05. The average molecular weight is 283 g/mol. The fourth-order valence-corrected chi connectivity index (χ4v) is 1.96. The molecule has 1 aromatic rings. The molecule has 0 fully saturated rings. The van der Waals surface area contributed by atoms with Crippen LogP contribution < -0.4 is 5.32 Å². The van der Waals surface area contributed by atoms with Crippen molar-refractivity contribution in [2.24, 2.45) is 0 Å². The standard InChI is InChI=1S/C12H15BrN2O/c1-2-11(15-7-3-6-14)10-8-9(13)4-5-12(10)16/h4-5,8,11,15-16H,2-3,7H2,1H3. The first-order chi connectivity index (χ1) is 7.69. The van der Waals surface area contributed by atoms with E-state index in [1.54, 1.807) is 12.1 Å². The maximum Gasteiger partial charge on any atom is 0.120 e. The van der Waals surface area contributed by atoms with Gasteiger partial charge in [-0.3, -0.25) is 0 Å². The normalized spacial score (nSPS) is 12.1. The Balaban J connectivity index is 2.78. The highest BCUT2D eigenvalue weighted by Gasteiger charge is 2.12. The number of rotatable bonds is 5. The van der Waals surface area contributed by atoms with Gasteiger partial charge in [0.05, 0.1) is 6.07 Å². The molecule has 0 aliphatic heterocycles. The molecule has 0 heterocycles. The van der Waals surface area contributed by atoms with Gasteiger partial charge >= 0.3 is 0 Å². The lowest BCUT2D eigenvalue weighted by atomic mass is 10.0. The van der Waals surface area contributed by atoms with Gasteiger partial charge in [-0.2, -0.15) is 5.26 Å². The van der Waals surface area contributed by atoms with Crippen LogP contribution in [0.2, 0.25) is 0 Å². The Morgan fingerprint density at radius 3 is 2.94 bits per heavy atom. The minimum absolute atomic E-state index is 0.0887. The van der Waals surface area contributed by atoms with E-state index in [1.165, 1.54) is 0 Å². The van der Waals surface area contributed by atoms with Crippen molar-refractivity contribution in [3.63, 3.8) is 0 Å². The van der Waals surface area contributed by atoms with Crippen molar-refractivity contribution in [2.75, 3.05) is 6.54 Å². The van der Waals surface area contributed by atoms with Crippen molar-refractivity contribution >= 4 is 15.9 Å². The number of phenols is 1. The molecule has 1 aromatic carbocycles. The third-order valence-corrected chi connectivity index (χ3v) is 2.89. The second-order valence-electron chi connectivity index (χ2n) is 3.53. The fourth-order valence-electron chi connectivity index (χ4n) is 1.58. The molecule has 3 nitrogen and oxygen atoms in total. The molecular formula is C12H15BrN2O. The third-order valence-electron chi connectivity index (χ3n) is 2.40. The highest BCUT2D eigenvalue weighted by atomic mass is 79.9. The molecule has 2 N–H and O–H groups in total. The Labute approximate surface area is 104 Å². The van der Waals surface area contributed by atoms with E-state index in [1.807, 2.05) is 13.0 Å². The molecule has 1 rings (SSSR count). The second kappa shape index (κ2) is 6.51. The van der Waals surface area contributed by atoms with Crippen LogP contribution in [-0.2, 0) is 0 Å². The van der Waals surface area contributed by atoms with E-state index < -0.39 is 0 Å². The summed E-state index contributed by atoms with van der Waals surface area (Å²) in [6.07, 6.45) is 1.35. The Kier molecular flexibility index (Phi) is 5.30. The molecular weight excluding hydrogens is 268 g/mol. The molecule has 16 heavy (non-hydrogen) atoms. The van der Waals surface area contributed by atoms with Gasteiger partial charge in [-0.25, -0.2) is 0 Å². The fraction of sp³-hybridized carbons (Fsp3) is 0.417. The quantitative estimate of drug-likeness (QED) is 0.816. The van der Waals surface area contributed by atoms with E-state index in [9.17, 15) is 5.11 Å². The van der Waals surface area contributed by atoms with Crippen molar-refractivity contribution in [3.05, 3.63) is 28.2 Å². The van der Waals surface area contributed by atoms with Crippen LogP contribution in [0.3, 0.4) is 0 Å². The molecule has 0 saturated carbocycles. The van der Waals surface area contributed by atoms with Gasteiger partial charge in [0.2, 0.25) is 0 Å². The molecule has 0 aliphatic rings. The van der Waals surface area contributed by atoms with Crippen molar-refractivity contribution in [2.45, 2.75) is 25.8 Å². The maximum atomic E-state index is 9.77. The van der Waals surface area contributed by atoms with E-state index in [0.29, 0.717) is 18.7 Å². The molecule has 0 spiro atoms. The SMILES string of the molecule is CCC(NCCC#N)c1cc(Br)ccc1O. The lowest BCUT2D eigenvalue weighted by molar-refractivity contribution is 0.443. The zero-order chi connectivity index (χ0) is 12.0. The highest BCUT2D eigenvalue weighted by molar-refractivity contribution is 9.10. The first-order valence-corrected chi connectivity index (χ1v) is 6.07. The van der Waals surface area contributed by atoms with Gasteiger partial charge in [-0.05, 0) is 24.6 Å². The number of hydrogen-bond donors (Lipinski definition) is 2. The van der Waals surface area contributed by atoms with Crippen molar-refractivity contribution in [1.82, 2.24) is 5.32 Å². The van der Waals surface area contributed by atoms with Crippen LogP contribution in [-0.4, -0.2) is 11.7 Å². The maximum absolute atomic E-state index is 9.77. The van der Waals surface area contributed by atoms with E-state index in [-0.39, 0.29) is 6.04 Å². The number of halogens is 1. The predicted molar refractivity (Wildman–Crippen MR) is 67.1 cm³/mol. The van der Waals surface area contributed by atoms with E-state index in [0.717, 1.165) is 16.5 Å². The molecule has 0 amide bonds. The summed E-state index contributed by atoms with van der Waals surface area (Å²) in [5.41, 5.74) is 0.870. The smallest absolute Gasteiger partial charge is 0.120 e. The second-order valence-corrected chi connectivity index (χ2v) is 4.44. The molecule has 1 unspecified atom stereocenters. The average Bonchev–Trinajstić information content (AvgIpc) is 2.28. The third kappa shape index (κ3) is 3.51. The van der Waals surface area contributed by atoms with Crippen LogP contribution in [0, 0.1) is 11.3 Å². The summed E-state index contributed by atoms with van der Waals surface area (Å²) in [6, 6.07) is 7.57. The Morgan fingerprint density at radius 2 is 2.31 bits per heavy atom. The van der Waals surface area contributed by atoms with E-state index >= 15 is 0 Å². The zero-order valence-electron chi connectivity index (χ0n) is 9.20. The summed E-state index contributed by atoms with van der Waals surface area (Å²) < 4.78 is 0.945. The number of phenolic OH excluding ortho intramolecular Hbond substituents is 1. The summed E-state index contributed by atoms with van der Waals surface area (Å²) >= 11 is 3.38. The van der Waals surface area contributed by atoms with Gasteiger partial charge in [0.25, 0.3) is 0 Å². The van der Waals surface area contributed by atoms with E-state index in [4.69, 9.17) is 5.26 Å². The summed E-state index contributed by atoms with van der Waals surface area (Å²) in [4.78, 5) is 0. The molecule has 0 aromatic heterocycles. The first-order valence-electron chi connectivity index (χ1n) is 5.27. The van der Waals surface area contributed by atoms with Crippen LogP contribution in [0.15, 0.2) is 22.7 Å². The number of nitriles is 1. The summed E-state index contributed by atoms with van der Waals surface area (Å²) in [7, 11) is 0. The van der Waals surface area contributed by atoms with Gasteiger partial charge in [0.1, 0.15) is 5.75 Å².